The van der Waals surface area contributed by atoms with E-state index in [4.69, 9.17) is 5.73 Å². The zero-order chi connectivity index (χ0) is 22.9. The van der Waals surface area contributed by atoms with Crippen molar-refractivity contribution in [1.29, 1.82) is 0 Å². The molecule has 0 radical (unpaired) electrons. The fourth-order valence-corrected chi connectivity index (χ4v) is 4.83. The topological polar surface area (TPSA) is 150 Å². The van der Waals surface area contributed by atoms with Gasteiger partial charge >= 0.3 is 11.1 Å². The summed E-state index contributed by atoms with van der Waals surface area (Å²) in [4.78, 5) is 32.2. The standard InChI is InChI=1S/C21H23N5O4S/c1-11-9-16-17(25-21(28)20(27)24-16)10-18(11)31(29,30)26-14-7-12(2)19(13(3)8-14)15(23-4)5-6-22/h5-10,26H,22H2,1-4H3,(H,24,27)(H,25,28)/b6-5-,23-15?. The van der Waals surface area contributed by atoms with Crippen LogP contribution in [0.4, 0.5) is 5.69 Å². The Hall–Kier alpha value is -3.66. The van der Waals surface area contributed by atoms with E-state index in [9.17, 15) is 18.0 Å². The van der Waals surface area contributed by atoms with Crippen molar-refractivity contribution in [1.82, 2.24) is 9.97 Å². The molecule has 0 unspecified atom stereocenters. The first-order valence-corrected chi connectivity index (χ1v) is 10.8. The molecule has 9 nitrogen and oxygen atoms in total. The summed E-state index contributed by atoms with van der Waals surface area (Å²) in [5, 5.41) is 0. The van der Waals surface area contributed by atoms with E-state index in [2.05, 4.69) is 19.7 Å². The first-order valence-electron chi connectivity index (χ1n) is 9.34. The van der Waals surface area contributed by atoms with Gasteiger partial charge in [0, 0.05) is 18.3 Å². The largest absolute Gasteiger partial charge is 0.405 e. The number of allylic oxidation sites excluding steroid dienone is 1. The van der Waals surface area contributed by atoms with Gasteiger partial charge < -0.3 is 15.7 Å². The van der Waals surface area contributed by atoms with Gasteiger partial charge in [-0.15, -0.1) is 0 Å². The molecule has 0 aliphatic heterocycles. The molecule has 10 heteroatoms. The van der Waals surface area contributed by atoms with E-state index in [-0.39, 0.29) is 10.4 Å². The summed E-state index contributed by atoms with van der Waals surface area (Å²) >= 11 is 0. The van der Waals surface area contributed by atoms with Gasteiger partial charge in [0.25, 0.3) is 10.0 Å². The number of aromatic nitrogens is 2. The zero-order valence-electron chi connectivity index (χ0n) is 17.5. The smallest absolute Gasteiger partial charge is 0.314 e. The van der Waals surface area contributed by atoms with Gasteiger partial charge in [-0.3, -0.25) is 19.3 Å². The summed E-state index contributed by atoms with van der Waals surface area (Å²) in [5.41, 5.74) is 8.43. The maximum atomic E-state index is 13.1. The minimum Gasteiger partial charge on any atom is -0.405 e. The van der Waals surface area contributed by atoms with Crippen molar-refractivity contribution in [2.75, 3.05) is 11.8 Å². The molecule has 3 rings (SSSR count). The number of nitrogens with zero attached hydrogens (tertiary/aromatic N) is 1. The lowest BCUT2D eigenvalue weighted by atomic mass is 9.97. The molecule has 1 heterocycles. The van der Waals surface area contributed by atoms with Crippen LogP contribution in [0.15, 0.2) is 56.0 Å². The number of anilines is 1. The van der Waals surface area contributed by atoms with E-state index in [0.717, 1.165) is 16.7 Å². The second-order valence-electron chi connectivity index (χ2n) is 7.13. The molecule has 0 aliphatic rings. The van der Waals surface area contributed by atoms with Crippen molar-refractivity contribution >= 4 is 32.5 Å². The minimum atomic E-state index is -3.97. The SMILES string of the molecule is CN=C(/C=C\N)c1c(C)cc(NS(=O)(=O)c2cc3[nH]c(=O)c(=O)[nH]c3cc2C)cc1C. The third-order valence-corrected chi connectivity index (χ3v) is 6.37. The number of hydrogen-bond acceptors (Lipinski definition) is 6. The third-order valence-electron chi connectivity index (χ3n) is 4.84. The average Bonchev–Trinajstić information content (AvgIpc) is 2.67. The van der Waals surface area contributed by atoms with Gasteiger partial charge in [0.15, 0.2) is 0 Å². The van der Waals surface area contributed by atoms with E-state index in [1.54, 1.807) is 32.2 Å². The number of rotatable bonds is 5. The van der Waals surface area contributed by atoms with Crippen LogP contribution in [0.5, 0.6) is 0 Å². The van der Waals surface area contributed by atoms with Crippen molar-refractivity contribution < 1.29 is 8.42 Å². The Kier molecular flexibility index (Phi) is 5.85. The Morgan fingerprint density at radius 2 is 1.52 bits per heavy atom. The number of nitrogens with two attached hydrogens (primary N) is 1. The number of nitrogens with one attached hydrogen (secondary N) is 3. The monoisotopic (exact) mass is 441 g/mol. The van der Waals surface area contributed by atoms with E-state index >= 15 is 0 Å². The Bertz CT molecular complexity index is 1440. The minimum absolute atomic E-state index is 0.0102. The first-order chi connectivity index (χ1) is 14.6. The van der Waals surface area contributed by atoms with Crippen LogP contribution in [-0.2, 0) is 10.0 Å². The van der Waals surface area contributed by atoms with Crippen molar-refractivity contribution in [2.45, 2.75) is 25.7 Å². The molecule has 0 aliphatic carbocycles. The number of benzene rings is 2. The van der Waals surface area contributed by atoms with E-state index < -0.39 is 21.1 Å². The molecule has 3 aromatic rings. The highest BCUT2D eigenvalue weighted by Gasteiger charge is 2.20. The molecule has 1 aromatic heterocycles. The number of hydrogen-bond donors (Lipinski definition) is 4. The van der Waals surface area contributed by atoms with Gasteiger partial charge in [0.2, 0.25) is 0 Å². The Labute approximate surface area is 178 Å². The van der Waals surface area contributed by atoms with Crippen molar-refractivity contribution in [3.8, 4) is 0 Å². The summed E-state index contributed by atoms with van der Waals surface area (Å²) < 4.78 is 28.8. The molecule has 0 bridgehead atoms. The van der Waals surface area contributed by atoms with Crippen molar-refractivity contribution in [2.24, 2.45) is 10.7 Å². The predicted octanol–water partition coefficient (Wildman–Crippen LogP) is 1.83. The summed E-state index contributed by atoms with van der Waals surface area (Å²) in [6.07, 6.45) is 3.08. The predicted molar refractivity (Wildman–Crippen MR) is 122 cm³/mol. The highest BCUT2D eigenvalue weighted by molar-refractivity contribution is 7.92. The van der Waals surface area contributed by atoms with E-state index in [0.29, 0.717) is 22.5 Å². The van der Waals surface area contributed by atoms with Gasteiger partial charge in [0.1, 0.15) is 0 Å². The molecule has 0 saturated heterocycles. The van der Waals surface area contributed by atoms with E-state index in [1.165, 1.54) is 18.3 Å². The summed E-state index contributed by atoms with van der Waals surface area (Å²) in [7, 11) is -2.31. The number of aromatic amines is 2. The second-order valence-corrected chi connectivity index (χ2v) is 8.78. The van der Waals surface area contributed by atoms with Crippen LogP contribution in [0.3, 0.4) is 0 Å². The van der Waals surface area contributed by atoms with Gasteiger partial charge in [-0.05, 0) is 74.0 Å². The number of aliphatic imine (C=N–C) groups is 1. The van der Waals surface area contributed by atoms with Crippen LogP contribution in [0.1, 0.15) is 22.3 Å². The molecule has 2 aromatic carbocycles. The van der Waals surface area contributed by atoms with Crippen molar-refractivity contribution in [3.05, 3.63) is 79.5 Å². The number of H-pyrrole nitrogens is 2. The lowest BCUT2D eigenvalue weighted by molar-refractivity contribution is 0.600. The fourth-order valence-electron chi connectivity index (χ4n) is 3.54. The van der Waals surface area contributed by atoms with Crippen molar-refractivity contribution in [3.63, 3.8) is 0 Å². The molecule has 0 atom stereocenters. The van der Waals surface area contributed by atoms with Gasteiger partial charge in [-0.25, -0.2) is 8.42 Å². The molecule has 5 N–H and O–H groups in total. The van der Waals surface area contributed by atoms with Crippen LogP contribution in [0.25, 0.3) is 11.0 Å². The van der Waals surface area contributed by atoms with Gasteiger partial charge in [0.05, 0.1) is 21.6 Å². The number of aryl methyl sites for hydroxylation is 3. The van der Waals surface area contributed by atoms with Crippen LogP contribution in [-0.4, -0.2) is 31.1 Å². The number of sulfonamides is 1. The molecule has 162 valence electrons. The summed E-state index contributed by atoms with van der Waals surface area (Å²) in [6, 6.07) is 6.26. The van der Waals surface area contributed by atoms with Crippen LogP contribution in [0, 0.1) is 20.8 Å². The average molecular weight is 442 g/mol. The highest BCUT2D eigenvalue weighted by Crippen LogP contribution is 2.26. The van der Waals surface area contributed by atoms with Gasteiger partial charge in [-0.1, -0.05) is 0 Å². The van der Waals surface area contributed by atoms with Crippen LogP contribution < -0.4 is 21.6 Å². The molecular weight excluding hydrogens is 418 g/mol. The Balaban J connectivity index is 2.07. The molecule has 0 spiro atoms. The van der Waals surface area contributed by atoms with E-state index in [1.807, 2.05) is 13.8 Å². The second kappa shape index (κ2) is 8.23. The van der Waals surface area contributed by atoms with Gasteiger partial charge in [-0.2, -0.15) is 0 Å². The van der Waals surface area contributed by atoms with Crippen LogP contribution in [0.2, 0.25) is 0 Å². The molecule has 0 fully saturated rings. The molecule has 0 saturated carbocycles. The molecular formula is C21H23N5O4S. The fraction of sp³-hybridized carbons (Fsp3) is 0.190. The maximum Gasteiger partial charge on any atom is 0.314 e. The lowest BCUT2D eigenvalue weighted by Crippen LogP contribution is -2.29. The maximum absolute atomic E-state index is 13.1. The highest BCUT2D eigenvalue weighted by atomic mass is 32.2. The molecule has 0 amide bonds. The quantitative estimate of drug-likeness (QED) is 0.352. The molecule has 31 heavy (non-hydrogen) atoms. The summed E-state index contributed by atoms with van der Waals surface area (Å²) in [5.74, 6) is 0. The third kappa shape index (κ3) is 4.29. The Morgan fingerprint density at radius 3 is 2.03 bits per heavy atom. The number of fused-ring (bicyclic) bond motifs is 1. The normalized spacial score (nSPS) is 12.6. The van der Waals surface area contributed by atoms with Crippen LogP contribution >= 0.6 is 0 Å². The Morgan fingerprint density at radius 1 is 0.968 bits per heavy atom. The lowest BCUT2D eigenvalue weighted by Gasteiger charge is -2.15. The summed E-state index contributed by atoms with van der Waals surface area (Å²) in [6.45, 7) is 5.33. The first kappa shape index (κ1) is 22.0. The zero-order valence-corrected chi connectivity index (χ0v) is 18.3.